The molecule has 0 saturated heterocycles. The molecule has 1 aromatic carbocycles. The Kier molecular flexibility index (Phi) is 5.95. The number of aryl methyl sites for hydroxylation is 1. The number of amides is 1. The Morgan fingerprint density at radius 2 is 2.08 bits per heavy atom. The molecule has 25 heavy (non-hydrogen) atoms. The molecule has 3 rings (SSSR count). The van der Waals surface area contributed by atoms with Crippen LogP contribution in [0, 0.1) is 0 Å². The number of aromatic nitrogens is 2. The molecule has 0 aliphatic heterocycles. The van der Waals surface area contributed by atoms with E-state index in [0.717, 1.165) is 11.3 Å². The Morgan fingerprint density at radius 1 is 1.24 bits per heavy atom. The maximum Gasteiger partial charge on any atom is 0.227 e. The summed E-state index contributed by atoms with van der Waals surface area (Å²) >= 11 is 1.56. The van der Waals surface area contributed by atoms with Crippen LogP contribution in [0.2, 0.25) is 0 Å². The SMILES string of the molecule is CCC(CNC(=O)CCc1nc(-c2cccs2)no1)c1ccccc1. The van der Waals surface area contributed by atoms with E-state index in [2.05, 4.69) is 34.5 Å². The molecule has 1 N–H and O–H groups in total. The fourth-order valence-electron chi connectivity index (χ4n) is 2.63. The summed E-state index contributed by atoms with van der Waals surface area (Å²) in [5.74, 6) is 1.42. The Morgan fingerprint density at radius 3 is 2.80 bits per heavy atom. The average Bonchev–Trinajstić information content (AvgIpc) is 3.33. The van der Waals surface area contributed by atoms with E-state index < -0.39 is 0 Å². The van der Waals surface area contributed by atoms with Gasteiger partial charge in [-0.3, -0.25) is 4.79 Å². The predicted molar refractivity (Wildman–Crippen MR) is 98.4 cm³/mol. The molecule has 1 atom stereocenters. The van der Waals surface area contributed by atoms with Crippen molar-refractivity contribution in [3.05, 3.63) is 59.3 Å². The minimum atomic E-state index is 0.00487. The molecule has 130 valence electrons. The van der Waals surface area contributed by atoms with Gasteiger partial charge >= 0.3 is 0 Å². The van der Waals surface area contributed by atoms with E-state index in [-0.39, 0.29) is 5.91 Å². The summed E-state index contributed by atoms with van der Waals surface area (Å²) in [5, 5.41) is 8.93. The Bertz CT molecular complexity index is 784. The van der Waals surface area contributed by atoms with E-state index >= 15 is 0 Å². The van der Waals surface area contributed by atoms with Crippen LogP contribution in [0.3, 0.4) is 0 Å². The summed E-state index contributed by atoms with van der Waals surface area (Å²) in [6.07, 6.45) is 1.78. The van der Waals surface area contributed by atoms with Crippen LogP contribution in [0.4, 0.5) is 0 Å². The zero-order valence-corrected chi connectivity index (χ0v) is 15.0. The van der Waals surface area contributed by atoms with Crippen LogP contribution in [0.25, 0.3) is 10.7 Å². The molecular weight excluding hydrogens is 334 g/mol. The molecule has 0 saturated carbocycles. The summed E-state index contributed by atoms with van der Waals surface area (Å²) in [6, 6.07) is 14.2. The van der Waals surface area contributed by atoms with Gasteiger partial charge in [-0.25, -0.2) is 0 Å². The Labute approximate surface area is 151 Å². The Hall–Kier alpha value is -2.47. The maximum absolute atomic E-state index is 12.1. The number of hydrogen-bond acceptors (Lipinski definition) is 5. The van der Waals surface area contributed by atoms with Gasteiger partial charge in [0.1, 0.15) is 0 Å². The first-order valence-electron chi connectivity index (χ1n) is 8.44. The lowest BCUT2D eigenvalue weighted by atomic mass is 9.96. The minimum Gasteiger partial charge on any atom is -0.355 e. The second-order valence-corrected chi connectivity index (χ2v) is 6.76. The highest BCUT2D eigenvalue weighted by atomic mass is 32.1. The van der Waals surface area contributed by atoms with Crippen molar-refractivity contribution in [3.8, 4) is 10.7 Å². The molecule has 6 heteroatoms. The molecule has 0 aliphatic carbocycles. The molecule has 0 bridgehead atoms. The molecule has 5 nitrogen and oxygen atoms in total. The van der Waals surface area contributed by atoms with Crippen LogP contribution in [-0.2, 0) is 11.2 Å². The first-order chi connectivity index (χ1) is 12.3. The van der Waals surface area contributed by atoms with Crippen molar-refractivity contribution in [2.45, 2.75) is 32.1 Å². The smallest absolute Gasteiger partial charge is 0.227 e. The molecule has 2 heterocycles. The standard InChI is InChI=1S/C19H21N3O2S/c1-2-14(15-7-4-3-5-8-15)13-20-17(23)10-11-18-21-19(22-24-18)16-9-6-12-25-16/h3-9,12,14H,2,10-11,13H2,1H3,(H,20,23). The maximum atomic E-state index is 12.1. The number of carbonyl (C=O) groups is 1. The lowest BCUT2D eigenvalue weighted by Crippen LogP contribution is -2.28. The van der Waals surface area contributed by atoms with Crippen molar-refractivity contribution in [1.82, 2.24) is 15.5 Å². The van der Waals surface area contributed by atoms with Crippen LogP contribution in [0.1, 0.15) is 37.1 Å². The lowest BCUT2D eigenvalue weighted by Gasteiger charge is -2.16. The normalized spacial score (nSPS) is 12.0. The van der Waals surface area contributed by atoms with Crippen molar-refractivity contribution in [3.63, 3.8) is 0 Å². The molecule has 1 amide bonds. The third-order valence-electron chi connectivity index (χ3n) is 4.08. The monoisotopic (exact) mass is 355 g/mol. The van der Waals surface area contributed by atoms with Crippen LogP contribution in [-0.4, -0.2) is 22.6 Å². The molecule has 3 aromatic rings. The number of nitrogens with one attached hydrogen (secondary N) is 1. The van der Waals surface area contributed by atoms with Gasteiger partial charge in [-0.1, -0.05) is 48.5 Å². The van der Waals surface area contributed by atoms with E-state index in [1.165, 1.54) is 5.56 Å². The third kappa shape index (κ3) is 4.76. The van der Waals surface area contributed by atoms with Crippen molar-refractivity contribution in [1.29, 1.82) is 0 Å². The van der Waals surface area contributed by atoms with Gasteiger partial charge in [0.2, 0.25) is 17.6 Å². The average molecular weight is 355 g/mol. The fraction of sp³-hybridized carbons (Fsp3) is 0.316. The predicted octanol–water partition coefficient (Wildman–Crippen LogP) is 4.04. The van der Waals surface area contributed by atoms with Crippen LogP contribution in [0.5, 0.6) is 0 Å². The van der Waals surface area contributed by atoms with E-state index in [9.17, 15) is 4.79 Å². The van der Waals surface area contributed by atoms with Crippen LogP contribution in [0.15, 0.2) is 52.4 Å². The molecule has 0 aliphatic rings. The summed E-state index contributed by atoms with van der Waals surface area (Å²) < 4.78 is 5.22. The van der Waals surface area contributed by atoms with Gasteiger partial charge < -0.3 is 9.84 Å². The van der Waals surface area contributed by atoms with Crippen molar-refractivity contribution in [2.75, 3.05) is 6.54 Å². The first-order valence-corrected chi connectivity index (χ1v) is 9.32. The number of carbonyl (C=O) groups excluding carboxylic acids is 1. The molecule has 1 unspecified atom stereocenters. The second-order valence-electron chi connectivity index (χ2n) is 5.81. The topological polar surface area (TPSA) is 68.0 Å². The number of rotatable bonds is 8. The van der Waals surface area contributed by atoms with E-state index in [4.69, 9.17) is 4.52 Å². The van der Waals surface area contributed by atoms with E-state index in [0.29, 0.717) is 37.0 Å². The van der Waals surface area contributed by atoms with Crippen LogP contribution >= 0.6 is 11.3 Å². The molecule has 0 spiro atoms. The highest BCUT2D eigenvalue weighted by molar-refractivity contribution is 7.13. The van der Waals surface area contributed by atoms with Crippen LogP contribution < -0.4 is 5.32 Å². The summed E-state index contributed by atoms with van der Waals surface area (Å²) in [7, 11) is 0. The zero-order valence-electron chi connectivity index (χ0n) is 14.1. The van der Waals surface area contributed by atoms with Gasteiger partial charge in [0.15, 0.2) is 0 Å². The van der Waals surface area contributed by atoms with E-state index in [1.807, 2.05) is 35.7 Å². The summed E-state index contributed by atoms with van der Waals surface area (Å²) in [6.45, 7) is 2.78. The second kappa shape index (κ2) is 8.58. The van der Waals surface area contributed by atoms with E-state index in [1.54, 1.807) is 11.3 Å². The largest absolute Gasteiger partial charge is 0.355 e. The number of benzene rings is 1. The Balaban J connectivity index is 1.46. The van der Waals surface area contributed by atoms with Gasteiger partial charge in [0.25, 0.3) is 0 Å². The highest BCUT2D eigenvalue weighted by Gasteiger charge is 2.13. The molecule has 0 fully saturated rings. The molecule has 2 aromatic heterocycles. The summed E-state index contributed by atoms with van der Waals surface area (Å²) in [4.78, 5) is 17.4. The van der Waals surface area contributed by atoms with Gasteiger partial charge in [-0.05, 0) is 23.4 Å². The van der Waals surface area contributed by atoms with Crippen molar-refractivity contribution >= 4 is 17.2 Å². The van der Waals surface area contributed by atoms with Crippen molar-refractivity contribution < 1.29 is 9.32 Å². The van der Waals surface area contributed by atoms with Gasteiger partial charge in [0, 0.05) is 25.3 Å². The number of thiophene rings is 1. The molecular formula is C19H21N3O2S. The van der Waals surface area contributed by atoms with Gasteiger partial charge in [-0.2, -0.15) is 4.98 Å². The fourth-order valence-corrected chi connectivity index (χ4v) is 3.28. The lowest BCUT2D eigenvalue weighted by molar-refractivity contribution is -0.121. The quantitative estimate of drug-likeness (QED) is 0.662. The minimum absolute atomic E-state index is 0.00487. The summed E-state index contributed by atoms with van der Waals surface area (Å²) in [5.41, 5.74) is 1.25. The van der Waals surface area contributed by atoms with Crippen molar-refractivity contribution in [2.24, 2.45) is 0 Å². The highest BCUT2D eigenvalue weighted by Crippen LogP contribution is 2.21. The number of nitrogens with zero attached hydrogens (tertiary/aromatic N) is 2. The van der Waals surface area contributed by atoms with Gasteiger partial charge in [0.05, 0.1) is 4.88 Å². The first kappa shape index (κ1) is 17.4. The number of hydrogen-bond donors (Lipinski definition) is 1. The van der Waals surface area contributed by atoms with Gasteiger partial charge in [-0.15, -0.1) is 11.3 Å². The zero-order chi connectivity index (χ0) is 17.5. The molecule has 0 radical (unpaired) electrons. The third-order valence-corrected chi connectivity index (χ3v) is 4.95.